The Morgan fingerprint density at radius 1 is 0.885 bits per heavy atom. The van der Waals surface area contributed by atoms with E-state index in [-0.39, 0.29) is 35.5 Å². The minimum absolute atomic E-state index is 0.0138. The lowest BCUT2D eigenvalue weighted by atomic mass is 9.79. The van der Waals surface area contributed by atoms with Crippen molar-refractivity contribution in [3.8, 4) is 0 Å². The summed E-state index contributed by atoms with van der Waals surface area (Å²) >= 11 is 0. The zero-order valence-electron chi connectivity index (χ0n) is 15.0. The van der Waals surface area contributed by atoms with Gasteiger partial charge in [-0.3, -0.25) is 14.4 Å². The largest absolute Gasteiger partial charge is 0.342 e. The van der Waals surface area contributed by atoms with Crippen LogP contribution < -0.4 is 5.32 Å². The molecule has 2 aliphatic carbocycles. The second-order valence-corrected chi connectivity index (χ2v) is 8.00. The molecule has 1 aromatic carbocycles. The molecule has 2 unspecified atom stereocenters. The summed E-state index contributed by atoms with van der Waals surface area (Å²) in [4.78, 5) is 39.2. The molecular weight excluding hydrogens is 328 g/mol. The van der Waals surface area contributed by atoms with Crippen LogP contribution in [0.25, 0.3) is 0 Å². The van der Waals surface area contributed by atoms with E-state index in [0.717, 1.165) is 31.4 Å². The maximum absolute atomic E-state index is 12.9. The molecule has 2 atom stereocenters. The Bertz CT molecular complexity index is 678. The summed E-state index contributed by atoms with van der Waals surface area (Å²) in [6.45, 7) is 1.29. The van der Waals surface area contributed by atoms with E-state index in [2.05, 4.69) is 5.32 Å². The highest BCUT2D eigenvalue weighted by Gasteiger charge is 2.44. The van der Waals surface area contributed by atoms with Crippen molar-refractivity contribution in [3.63, 3.8) is 0 Å². The number of likely N-dealkylation sites (tertiary alicyclic amines) is 1. The molecule has 2 amide bonds. The number of para-hydroxylation sites is 1. The second-order valence-electron chi connectivity index (χ2n) is 8.00. The van der Waals surface area contributed by atoms with Crippen LogP contribution in [0.15, 0.2) is 30.3 Å². The molecule has 1 saturated heterocycles. The molecule has 1 aliphatic heterocycles. The highest BCUT2D eigenvalue weighted by molar-refractivity contribution is 5.93. The van der Waals surface area contributed by atoms with E-state index >= 15 is 0 Å². The van der Waals surface area contributed by atoms with Crippen LogP contribution >= 0.6 is 0 Å². The molecule has 3 aliphatic rings. The fourth-order valence-corrected chi connectivity index (χ4v) is 4.86. The van der Waals surface area contributed by atoms with Gasteiger partial charge in [-0.1, -0.05) is 18.2 Å². The van der Waals surface area contributed by atoms with Crippen LogP contribution in [0.5, 0.6) is 0 Å². The summed E-state index contributed by atoms with van der Waals surface area (Å²) in [6, 6.07) is 9.49. The summed E-state index contributed by atoms with van der Waals surface area (Å²) in [6.07, 6.45) is 4.83. The Kier molecular flexibility index (Phi) is 4.79. The molecule has 2 saturated carbocycles. The number of anilines is 1. The Morgan fingerprint density at radius 2 is 1.50 bits per heavy atom. The number of piperidine rings is 1. The number of carbonyl (C=O) groups excluding carboxylic acids is 3. The number of rotatable bonds is 3. The number of Topliss-reactive ketones (excluding diaryl/α,β-unsaturated/α-hetero) is 1. The molecule has 4 rings (SSSR count). The van der Waals surface area contributed by atoms with Crippen molar-refractivity contribution in [2.24, 2.45) is 23.7 Å². The van der Waals surface area contributed by atoms with Gasteiger partial charge in [0.25, 0.3) is 0 Å². The maximum Gasteiger partial charge on any atom is 0.227 e. The highest BCUT2D eigenvalue weighted by atomic mass is 16.2. The summed E-state index contributed by atoms with van der Waals surface area (Å²) in [5.74, 6) is 0.864. The SMILES string of the molecule is O=C(Nc1ccccc1)C1CCN(C(=O)C2CC3CCC(C2)C3=O)CC1. The molecule has 5 heteroatoms. The first-order valence-electron chi connectivity index (χ1n) is 9.80. The van der Waals surface area contributed by atoms with Crippen molar-refractivity contribution < 1.29 is 14.4 Å². The van der Waals surface area contributed by atoms with Gasteiger partial charge < -0.3 is 10.2 Å². The van der Waals surface area contributed by atoms with E-state index in [1.165, 1.54) is 0 Å². The number of nitrogens with one attached hydrogen (secondary N) is 1. The van der Waals surface area contributed by atoms with E-state index in [9.17, 15) is 14.4 Å². The standard InChI is InChI=1S/C21H26N2O3/c24-19-15-6-7-16(19)13-17(12-15)21(26)23-10-8-14(9-11-23)20(25)22-18-4-2-1-3-5-18/h1-5,14-17H,6-13H2,(H,22,25). The van der Waals surface area contributed by atoms with Gasteiger partial charge in [-0.2, -0.15) is 0 Å². The van der Waals surface area contributed by atoms with Gasteiger partial charge in [0.1, 0.15) is 5.78 Å². The molecule has 138 valence electrons. The predicted molar refractivity (Wildman–Crippen MR) is 98.3 cm³/mol. The van der Waals surface area contributed by atoms with Gasteiger partial charge in [-0.15, -0.1) is 0 Å². The summed E-state index contributed by atoms with van der Waals surface area (Å²) in [5, 5.41) is 2.96. The topological polar surface area (TPSA) is 66.5 Å². The third-order valence-corrected chi connectivity index (χ3v) is 6.37. The molecule has 0 radical (unpaired) electrons. The van der Waals surface area contributed by atoms with Crippen molar-refractivity contribution in [1.82, 2.24) is 4.90 Å². The third-order valence-electron chi connectivity index (χ3n) is 6.37. The van der Waals surface area contributed by atoms with Crippen molar-refractivity contribution in [2.75, 3.05) is 18.4 Å². The number of hydrogen-bond donors (Lipinski definition) is 1. The molecule has 3 fully saturated rings. The van der Waals surface area contributed by atoms with Crippen LogP contribution in [-0.4, -0.2) is 35.6 Å². The summed E-state index contributed by atoms with van der Waals surface area (Å²) in [7, 11) is 0. The van der Waals surface area contributed by atoms with Gasteiger partial charge >= 0.3 is 0 Å². The zero-order valence-corrected chi connectivity index (χ0v) is 15.0. The Morgan fingerprint density at radius 3 is 2.12 bits per heavy atom. The Labute approximate surface area is 154 Å². The molecule has 26 heavy (non-hydrogen) atoms. The van der Waals surface area contributed by atoms with Crippen molar-refractivity contribution in [2.45, 2.75) is 38.5 Å². The third kappa shape index (κ3) is 3.39. The molecule has 0 aromatic heterocycles. The van der Waals surface area contributed by atoms with Crippen molar-refractivity contribution >= 4 is 23.3 Å². The van der Waals surface area contributed by atoms with E-state index in [0.29, 0.717) is 31.7 Å². The predicted octanol–water partition coefficient (Wildman–Crippen LogP) is 2.87. The Balaban J connectivity index is 1.29. The monoisotopic (exact) mass is 354 g/mol. The van der Waals surface area contributed by atoms with E-state index in [4.69, 9.17) is 0 Å². The van der Waals surface area contributed by atoms with E-state index < -0.39 is 0 Å². The first-order valence-corrected chi connectivity index (χ1v) is 9.80. The van der Waals surface area contributed by atoms with E-state index in [1.807, 2.05) is 35.2 Å². The lowest BCUT2D eigenvalue weighted by Crippen LogP contribution is -2.45. The quantitative estimate of drug-likeness (QED) is 0.908. The number of ketones is 1. The number of benzene rings is 1. The minimum Gasteiger partial charge on any atom is -0.342 e. The fourth-order valence-electron chi connectivity index (χ4n) is 4.86. The molecule has 1 aromatic rings. The molecular formula is C21H26N2O3. The lowest BCUT2D eigenvalue weighted by Gasteiger charge is -2.35. The zero-order chi connectivity index (χ0) is 18.1. The number of hydrogen-bond acceptors (Lipinski definition) is 3. The van der Waals surface area contributed by atoms with Crippen LogP contribution in [-0.2, 0) is 14.4 Å². The highest BCUT2D eigenvalue weighted by Crippen LogP contribution is 2.42. The number of nitrogens with zero attached hydrogens (tertiary/aromatic N) is 1. The average molecular weight is 354 g/mol. The maximum atomic E-state index is 12.9. The Hall–Kier alpha value is -2.17. The molecule has 1 heterocycles. The molecule has 1 N–H and O–H groups in total. The van der Waals surface area contributed by atoms with Crippen LogP contribution in [0.4, 0.5) is 5.69 Å². The first-order chi connectivity index (χ1) is 12.6. The summed E-state index contributed by atoms with van der Waals surface area (Å²) in [5.41, 5.74) is 0.818. The van der Waals surface area contributed by atoms with Crippen molar-refractivity contribution in [3.05, 3.63) is 30.3 Å². The van der Waals surface area contributed by atoms with Gasteiger partial charge in [0.2, 0.25) is 11.8 Å². The summed E-state index contributed by atoms with van der Waals surface area (Å²) < 4.78 is 0. The lowest BCUT2D eigenvalue weighted by molar-refractivity contribution is -0.142. The van der Waals surface area contributed by atoms with Crippen LogP contribution in [0.2, 0.25) is 0 Å². The molecule has 0 spiro atoms. The minimum atomic E-state index is -0.0385. The van der Waals surface area contributed by atoms with Crippen LogP contribution in [0, 0.1) is 23.7 Å². The molecule has 5 nitrogen and oxygen atoms in total. The van der Waals surface area contributed by atoms with Crippen LogP contribution in [0.3, 0.4) is 0 Å². The van der Waals surface area contributed by atoms with Gasteiger partial charge in [-0.05, 0) is 50.7 Å². The first kappa shape index (κ1) is 17.3. The smallest absolute Gasteiger partial charge is 0.227 e. The van der Waals surface area contributed by atoms with E-state index in [1.54, 1.807) is 0 Å². The average Bonchev–Trinajstić information content (AvgIpc) is 2.88. The van der Waals surface area contributed by atoms with Crippen molar-refractivity contribution in [1.29, 1.82) is 0 Å². The number of amides is 2. The van der Waals surface area contributed by atoms with Crippen LogP contribution in [0.1, 0.15) is 38.5 Å². The van der Waals surface area contributed by atoms with Gasteiger partial charge in [-0.25, -0.2) is 0 Å². The van der Waals surface area contributed by atoms with Gasteiger partial charge in [0.15, 0.2) is 0 Å². The number of fused-ring (bicyclic) bond motifs is 2. The number of carbonyl (C=O) groups is 3. The van der Waals surface area contributed by atoms with Gasteiger partial charge in [0, 0.05) is 42.4 Å². The fraction of sp³-hybridized carbons (Fsp3) is 0.571. The normalized spacial score (nSPS) is 28.8. The van der Waals surface area contributed by atoms with Gasteiger partial charge in [0.05, 0.1) is 0 Å². The molecule has 2 bridgehead atoms. The second kappa shape index (κ2) is 7.22.